The first kappa shape index (κ1) is 13.4. The molecule has 0 saturated heterocycles. The predicted molar refractivity (Wildman–Crippen MR) is 62.4 cm³/mol. The van der Waals surface area contributed by atoms with Gasteiger partial charge in [0.2, 0.25) is 0 Å². The van der Waals surface area contributed by atoms with Crippen LogP contribution in [-0.4, -0.2) is 24.8 Å². The average Bonchev–Trinajstić information content (AvgIpc) is 2.12. The topological polar surface area (TPSA) is 32.3 Å². The minimum Gasteiger partial charge on any atom is -0.395 e. The van der Waals surface area contributed by atoms with Crippen LogP contribution in [0.2, 0.25) is 0 Å². The first-order valence-electron chi connectivity index (χ1n) is 5.28. The highest BCUT2D eigenvalue weighted by molar-refractivity contribution is 5.00. The first-order valence-corrected chi connectivity index (χ1v) is 5.28. The van der Waals surface area contributed by atoms with Crippen LogP contribution >= 0.6 is 0 Å². The molecule has 2 nitrogen and oxygen atoms in total. The lowest BCUT2D eigenvalue weighted by Gasteiger charge is -2.02. The lowest BCUT2D eigenvalue weighted by Crippen LogP contribution is -2.18. The highest BCUT2D eigenvalue weighted by Crippen LogP contribution is 2.09. The number of nitrogens with one attached hydrogen (secondary N) is 1. The maximum Gasteiger partial charge on any atom is 0.0556 e. The van der Waals surface area contributed by atoms with Crippen LogP contribution in [0, 0.1) is 0 Å². The van der Waals surface area contributed by atoms with Gasteiger partial charge in [-0.1, -0.05) is 17.2 Å². The van der Waals surface area contributed by atoms with Crippen molar-refractivity contribution < 1.29 is 5.11 Å². The molecule has 0 aromatic rings. The van der Waals surface area contributed by atoms with Gasteiger partial charge in [0.15, 0.2) is 0 Å². The van der Waals surface area contributed by atoms with Gasteiger partial charge < -0.3 is 10.4 Å². The molecular formula is C12H23NO. The van der Waals surface area contributed by atoms with E-state index in [-0.39, 0.29) is 6.61 Å². The highest BCUT2D eigenvalue weighted by atomic mass is 16.3. The predicted octanol–water partition coefficient (Wildman–Crippen LogP) is 2.26. The fourth-order valence-corrected chi connectivity index (χ4v) is 1.20. The fraction of sp³-hybridized carbons (Fsp3) is 0.667. The van der Waals surface area contributed by atoms with Crippen LogP contribution < -0.4 is 5.32 Å². The van der Waals surface area contributed by atoms with Crippen molar-refractivity contribution in [3.05, 3.63) is 23.8 Å². The van der Waals surface area contributed by atoms with Crippen molar-refractivity contribution in [2.75, 3.05) is 19.7 Å². The van der Waals surface area contributed by atoms with Gasteiger partial charge in [-0.3, -0.25) is 0 Å². The Labute approximate surface area is 87.7 Å². The van der Waals surface area contributed by atoms with Crippen LogP contribution in [0.3, 0.4) is 0 Å². The van der Waals surface area contributed by atoms with Gasteiger partial charge in [-0.15, -0.1) is 6.58 Å². The minimum absolute atomic E-state index is 0.211. The van der Waals surface area contributed by atoms with Crippen molar-refractivity contribution in [3.8, 4) is 0 Å². The van der Waals surface area contributed by atoms with E-state index in [0.29, 0.717) is 6.54 Å². The molecule has 0 atom stereocenters. The first-order chi connectivity index (χ1) is 6.66. The van der Waals surface area contributed by atoms with Crippen LogP contribution in [0.25, 0.3) is 0 Å². The summed E-state index contributed by atoms with van der Waals surface area (Å²) in [7, 11) is 0. The second-order valence-corrected chi connectivity index (χ2v) is 3.79. The van der Waals surface area contributed by atoms with Crippen molar-refractivity contribution in [2.24, 2.45) is 0 Å². The Balaban J connectivity index is 3.41. The standard InChI is InChI=1S/C12H23NO/c1-11(2)5-4-6-12(3)7-8-13-9-10-14/h7,13-14H,1,4-6,8-10H2,2-3H3/b12-7+. The zero-order valence-corrected chi connectivity index (χ0v) is 9.47. The lowest BCUT2D eigenvalue weighted by molar-refractivity contribution is 0.294. The van der Waals surface area contributed by atoms with Gasteiger partial charge in [-0.25, -0.2) is 0 Å². The van der Waals surface area contributed by atoms with E-state index in [9.17, 15) is 0 Å². The molecule has 0 amide bonds. The quantitative estimate of drug-likeness (QED) is 0.462. The SMILES string of the molecule is C=C(C)CCC/C(C)=C/CNCCO. The Morgan fingerprint density at radius 3 is 2.64 bits per heavy atom. The van der Waals surface area contributed by atoms with Gasteiger partial charge in [0, 0.05) is 13.1 Å². The molecule has 0 rings (SSSR count). The van der Waals surface area contributed by atoms with E-state index < -0.39 is 0 Å². The third-order valence-electron chi connectivity index (χ3n) is 2.06. The molecule has 0 heterocycles. The maximum absolute atomic E-state index is 8.54. The van der Waals surface area contributed by atoms with Gasteiger partial charge in [-0.05, 0) is 33.1 Å². The molecule has 0 saturated carbocycles. The molecular weight excluding hydrogens is 174 g/mol. The van der Waals surface area contributed by atoms with E-state index in [0.717, 1.165) is 19.4 Å². The summed E-state index contributed by atoms with van der Waals surface area (Å²) in [5, 5.41) is 11.7. The smallest absolute Gasteiger partial charge is 0.0556 e. The zero-order valence-electron chi connectivity index (χ0n) is 9.47. The summed E-state index contributed by atoms with van der Waals surface area (Å²) in [6.07, 6.45) is 5.65. The number of aliphatic hydroxyl groups is 1. The van der Waals surface area contributed by atoms with Crippen LogP contribution in [0.5, 0.6) is 0 Å². The third kappa shape index (κ3) is 9.49. The van der Waals surface area contributed by atoms with Crippen LogP contribution in [-0.2, 0) is 0 Å². The number of allylic oxidation sites excluding steroid dienone is 2. The second-order valence-electron chi connectivity index (χ2n) is 3.79. The average molecular weight is 197 g/mol. The molecule has 2 heteroatoms. The minimum atomic E-state index is 0.211. The van der Waals surface area contributed by atoms with Crippen LogP contribution in [0.15, 0.2) is 23.8 Å². The lowest BCUT2D eigenvalue weighted by atomic mass is 10.1. The van der Waals surface area contributed by atoms with Crippen LogP contribution in [0.4, 0.5) is 0 Å². The molecule has 0 fully saturated rings. The molecule has 0 spiro atoms. The summed E-state index contributed by atoms with van der Waals surface area (Å²) in [6.45, 7) is 9.85. The second kappa shape index (κ2) is 8.97. The molecule has 0 unspecified atom stereocenters. The van der Waals surface area contributed by atoms with E-state index >= 15 is 0 Å². The third-order valence-corrected chi connectivity index (χ3v) is 2.06. The fourth-order valence-electron chi connectivity index (χ4n) is 1.20. The molecule has 0 aliphatic heterocycles. The monoisotopic (exact) mass is 197 g/mol. The summed E-state index contributed by atoms with van der Waals surface area (Å²) < 4.78 is 0. The Morgan fingerprint density at radius 2 is 2.07 bits per heavy atom. The molecule has 82 valence electrons. The molecule has 0 aliphatic rings. The molecule has 0 aromatic carbocycles. The number of rotatable bonds is 8. The highest BCUT2D eigenvalue weighted by Gasteiger charge is 1.91. The molecule has 0 radical (unpaired) electrons. The Hall–Kier alpha value is -0.600. The van der Waals surface area contributed by atoms with Gasteiger partial charge in [0.25, 0.3) is 0 Å². The Bertz CT molecular complexity index is 185. The summed E-state index contributed by atoms with van der Waals surface area (Å²) >= 11 is 0. The van der Waals surface area contributed by atoms with Gasteiger partial charge in [-0.2, -0.15) is 0 Å². The number of aliphatic hydroxyl groups excluding tert-OH is 1. The molecule has 0 aromatic heterocycles. The van der Waals surface area contributed by atoms with Crippen LogP contribution in [0.1, 0.15) is 33.1 Å². The molecule has 14 heavy (non-hydrogen) atoms. The summed E-state index contributed by atoms with van der Waals surface area (Å²) in [4.78, 5) is 0. The van der Waals surface area contributed by atoms with E-state index in [1.807, 2.05) is 0 Å². The maximum atomic E-state index is 8.54. The van der Waals surface area contributed by atoms with Gasteiger partial charge in [0.1, 0.15) is 0 Å². The number of hydrogen-bond acceptors (Lipinski definition) is 2. The van der Waals surface area contributed by atoms with E-state index in [4.69, 9.17) is 5.11 Å². The van der Waals surface area contributed by atoms with Crippen molar-refractivity contribution in [2.45, 2.75) is 33.1 Å². The summed E-state index contributed by atoms with van der Waals surface area (Å²) in [5.41, 5.74) is 2.67. The van der Waals surface area contributed by atoms with Gasteiger partial charge >= 0.3 is 0 Å². The summed E-state index contributed by atoms with van der Waals surface area (Å²) in [5.74, 6) is 0. The van der Waals surface area contributed by atoms with E-state index in [1.54, 1.807) is 0 Å². The Kier molecular flexibility index (Phi) is 8.59. The normalized spacial score (nSPS) is 11.8. The largest absolute Gasteiger partial charge is 0.395 e. The van der Waals surface area contributed by atoms with Crippen molar-refractivity contribution >= 4 is 0 Å². The van der Waals surface area contributed by atoms with Crippen molar-refractivity contribution in [1.29, 1.82) is 0 Å². The number of hydrogen-bond donors (Lipinski definition) is 2. The van der Waals surface area contributed by atoms with E-state index in [2.05, 4.69) is 31.8 Å². The summed E-state index contributed by atoms with van der Waals surface area (Å²) in [6, 6.07) is 0. The van der Waals surface area contributed by atoms with Crippen molar-refractivity contribution in [1.82, 2.24) is 5.32 Å². The molecule has 0 aliphatic carbocycles. The van der Waals surface area contributed by atoms with Crippen molar-refractivity contribution in [3.63, 3.8) is 0 Å². The molecule has 2 N–H and O–H groups in total. The molecule has 0 bridgehead atoms. The van der Waals surface area contributed by atoms with E-state index in [1.165, 1.54) is 17.6 Å². The zero-order chi connectivity index (χ0) is 10.8. The van der Waals surface area contributed by atoms with Gasteiger partial charge in [0.05, 0.1) is 6.61 Å². The Morgan fingerprint density at radius 1 is 1.36 bits per heavy atom.